The fourth-order valence-electron chi connectivity index (χ4n) is 1.43. The minimum Gasteiger partial charge on any atom is -0.506 e. The van der Waals surface area contributed by atoms with Crippen molar-refractivity contribution in [2.75, 3.05) is 0 Å². The van der Waals surface area contributed by atoms with Gasteiger partial charge >= 0.3 is 0 Å². The maximum atomic E-state index is 11.2. The lowest BCUT2D eigenvalue weighted by Gasteiger charge is -2.07. The molecular formula is C11H10N2O2. The quantitative estimate of drug-likeness (QED) is 0.755. The Balaban J connectivity index is 2.59. The summed E-state index contributed by atoms with van der Waals surface area (Å²) in [4.78, 5) is 15.2. The molecule has 2 rings (SSSR count). The lowest BCUT2D eigenvalue weighted by atomic mass is 10.3. The lowest BCUT2D eigenvalue weighted by molar-refractivity contribution is 0.100. The molecule has 0 aliphatic heterocycles. The summed E-state index contributed by atoms with van der Waals surface area (Å²) in [5.41, 5.74) is 0.556. The zero-order valence-corrected chi connectivity index (χ0v) is 8.21. The third-order valence-electron chi connectivity index (χ3n) is 2.10. The predicted molar refractivity (Wildman–Crippen MR) is 55.2 cm³/mol. The normalized spacial score (nSPS) is 10.2. The molecule has 2 aromatic rings. The standard InChI is InChI=1S/C11H10N2O2/c1-8(14)11-12-6-7-13(11)9-4-2-3-5-10(9)15/h2-7,15H,1H3. The van der Waals surface area contributed by atoms with Gasteiger partial charge in [-0.25, -0.2) is 4.98 Å². The Kier molecular flexibility index (Phi) is 2.25. The van der Waals surface area contributed by atoms with Crippen LogP contribution in [0.1, 0.15) is 17.5 Å². The second-order valence-corrected chi connectivity index (χ2v) is 3.17. The van der Waals surface area contributed by atoms with E-state index in [1.807, 2.05) is 0 Å². The number of imidazole rings is 1. The first kappa shape index (κ1) is 9.45. The van der Waals surface area contributed by atoms with E-state index in [1.54, 1.807) is 35.0 Å². The molecule has 76 valence electrons. The molecule has 0 saturated carbocycles. The summed E-state index contributed by atoms with van der Waals surface area (Å²) in [6.45, 7) is 1.44. The number of phenolic OH excluding ortho intramolecular Hbond substituents is 1. The summed E-state index contributed by atoms with van der Waals surface area (Å²) in [6.07, 6.45) is 3.18. The Morgan fingerprint density at radius 3 is 2.80 bits per heavy atom. The van der Waals surface area contributed by atoms with Gasteiger partial charge in [-0.3, -0.25) is 9.36 Å². The van der Waals surface area contributed by atoms with E-state index >= 15 is 0 Å². The van der Waals surface area contributed by atoms with E-state index in [0.29, 0.717) is 11.5 Å². The first-order valence-electron chi connectivity index (χ1n) is 4.53. The van der Waals surface area contributed by atoms with Crippen LogP contribution in [0.2, 0.25) is 0 Å². The van der Waals surface area contributed by atoms with E-state index in [0.717, 1.165) is 0 Å². The fraction of sp³-hybridized carbons (Fsp3) is 0.0909. The zero-order valence-electron chi connectivity index (χ0n) is 8.21. The molecule has 1 heterocycles. The molecule has 15 heavy (non-hydrogen) atoms. The van der Waals surface area contributed by atoms with Crippen molar-refractivity contribution in [2.24, 2.45) is 0 Å². The zero-order chi connectivity index (χ0) is 10.8. The summed E-state index contributed by atoms with van der Waals surface area (Å²) in [5.74, 6) is 0.303. The molecule has 0 amide bonds. The van der Waals surface area contributed by atoms with Crippen LogP contribution in [-0.2, 0) is 0 Å². The van der Waals surface area contributed by atoms with Crippen LogP contribution in [0, 0.1) is 0 Å². The minimum absolute atomic E-state index is 0.123. The van der Waals surface area contributed by atoms with Crippen molar-refractivity contribution in [3.05, 3.63) is 42.5 Å². The SMILES string of the molecule is CC(=O)c1nccn1-c1ccccc1O. The van der Waals surface area contributed by atoms with Crippen molar-refractivity contribution < 1.29 is 9.90 Å². The number of rotatable bonds is 2. The number of phenols is 1. The maximum absolute atomic E-state index is 11.2. The van der Waals surface area contributed by atoms with Crippen molar-refractivity contribution >= 4 is 5.78 Å². The molecule has 1 aromatic heterocycles. The Hall–Kier alpha value is -2.10. The van der Waals surface area contributed by atoms with E-state index in [2.05, 4.69) is 4.98 Å². The Labute approximate surface area is 86.8 Å². The van der Waals surface area contributed by atoms with Crippen LogP contribution in [0.5, 0.6) is 5.75 Å². The van der Waals surface area contributed by atoms with E-state index in [-0.39, 0.29) is 11.5 Å². The highest BCUT2D eigenvalue weighted by Crippen LogP contribution is 2.21. The highest BCUT2D eigenvalue weighted by molar-refractivity contribution is 5.91. The molecule has 0 spiro atoms. The van der Waals surface area contributed by atoms with Gasteiger partial charge < -0.3 is 5.11 Å². The number of carbonyl (C=O) groups is 1. The van der Waals surface area contributed by atoms with Crippen LogP contribution in [0.4, 0.5) is 0 Å². The van der Waals surface area contributed by atoms with Crippen molar-refractivity contribution in [1.29, 1.82) is 0 Å². The number of benzene rings is 1. The van der Waals surface area contributed by atoms with Gasteiger partial charge in [0, 0.05) is 19.3 Å². The summed E-state index contributed by atoms with van der Waals surface area (Å²) < 4.78 is 1.57. The van der Waals surface area contributed by atoms with Crippen molar-refractivity contribution in [3.8, 4) is 11.4 Å². The maximum Gasteiger partial charge on any atom is 0.195 e. The Morgan fingerprint density at radius 2 is 2.13 bits per heavy atom. The van der Waals surface area contributed by atoms with Crippen LogP contribution in [0.3, 0.4) is 0 Å². The van der Waals surface area contributed by atoms with Crippen LogP contribution < -0.4 is 0 Å². The van der Waals surface area contributed by atoms with Gasteiger partial charge in [0.25, 0.3) is 0 Å². The molecule has 1 aromatic carbocycles. The van der Waals surface area contributed by atoms with E-state index in [1.165, 1.54) is 13.1 Å². The molecular weight excluding hydrogens is 192 g/mol. The number of carbonyl (C=O) groups excluding carboxylic acids is 1. The molecule has 0 atom stereocenters. The van der Waals surface area contributed by atoms with Gasteiger partial charge in [-0.2, -0.15) is 0 Å². The molecule has 0 saturated heterocycles. The molecule has 0 radical (unpaired) electrons. The molecule has 0 aliphatic carbocycles. The van der Waals surface area contributed by atoms with Crippen LogP contribution in [-0.4, -0.2) is 20.4 Å². The van der Waals surface area contributed by atoms with Crippen molar-refractivity contribution in [2.45, 2.75) is 6.92 Å². The summed E-state index contributed by atoms with van der Waals surface area (Å²) in [6, 6.07) is 6.81. The average Bonchev–Trinajstić information content (AvgIpc) is 2.67. The monoisotopic (exact) mass is 202 g/mol. The van der Waals surface area contributed by atoms with E-state index in [9.17, 15) is 9.90 Å². The van der Waals surface area contributed by atoms with E-state index < -0.39 is 0 Å². The first-order chi connectivity index (χ1) is 7.20. The first-order valence-corrected chi connectivity index (χ1v) is 4.53. The number of Topliss-reactive ketones (excluding diaryl/α,β-unsaturated/α-hetero) is 1. The third-order valence-corrected chi connectivity index (χ3v) is 2.10. The Morgan fingerprint density at radius 1 is 1.40 bits per heavy atom. The second-order valence-electron chi connectivity index (χ2n) is 3.17. The molecule has 1 N–H and O–H groups in total. The summed E-state index contributed by atoms with van der Waals surface area (Å²) >= 11 is 0. The number of hydrogen-bond acceptors (Lipinski definition) is 3. The molecule has 0 unspecified atom stereocenters. The largest absolute Gasteiger partial charge is 0.506 e. The van der Waals surface area contributed by atoms with Gasteiger partial charge in [0.1, 0.15) is 5.75 Å². The van der Waals surface area contributed by atoms with Crippen molar-refractivity contribution in [3.63, 3.8) is 0 Å². The molecule has 0 fully saturated rings. The van der Waals surface area contributed by atoms with E-state index in [4.69, 9.17) is 0 Å². The van der Waals surface area contributed by atoms with Crippen LogP contribution in [0.15, 0.2) is 36.7 Å². The van der Waals surface area contributed by atoms with Crippen molar-refractivity contribution in [1.82, 2.24) is 9.55 Å². The number of aromatic nitrogens is 2. The summed E-state index contributed by atoms with van der Waals surface area (Å²) in [5, 5.41) is 9.63. The van der Waals surface area contributed by atoms with Gasteiger partial charge in [0.2, 0.25) is 0 Å². The van der Waals surface area contributed by atoms with Gasteiger partial charge in [-0.15, -0.1) is 0 Å². The van der Waals surface area contributed by atoms with Gasteiger partial charge in [0.05, 0.1) is 5.69 Å². The lowest BCUT2D eigenvalue weighted by Crippen LogP contribution is -2.05. The number of hydrogen-bond donors (Lipinski definition) is 1. The van der Waals surface area contributed by atoms with Gasteiger partial charge in [-0.1, -0.05) is 12.1 Å². The minimum atomic E-state index is -0.136. The molecule has 4 nitrogen and oxygen atoms in total. The second kappa shape index (κ2) is 3.57. The number of para-hydroxylation sites is 2. The highest BCUT2D eigenvalue weighted by atomic mass is 16.3. The molecule has 0 aliphatic rings. The summed E-state index contributed by atoms with van der Waals surface area (Å²) in [7, 11) is 0. The predicted octanol–water partition coefficient (Wildman–Crippen LogP) is 1.78. The highest BCUT2D eigenvalue weighted by Gasteiger charge is 2.11. The Bertz CT molecular complexity index is 503. The van der Waals surface area contributed by atoms with Gasteiger partial charge in [-0.05, 0) is 12.1 Å². The third kappa shape index (κ3) is 1.61. The topological polar surface area (TPSA) is 55.1 Å². The number of nitrogens with zero attached hydrogens (tertiary/aromatic N) is 2. The molecule has 0 bridgehead atoms. The molecule has 4 heteroatoms. The van der Waals surface area contributed by atoms with Crippen LogP contribution in [0.25, 0.3) is 5.69 Å². The average molecular weight is 202 g/mol. The number of ketones is 1. The van der Waals surface area contributed by atoms with Gasteiger partial charge in [0.15, 0.2) is 11.6 Å². The fourth-order valence-corrected chi connectivity index (χ4v) is 1.43. The number of aromatic hydroxyl groups is 1. The smallest absolute Gasteiger partial charge is 0.195 e. The van der Waals surface area contributed by atoms with Crippen LogP contribution >= 0.6 is 0 Å².